The fourth-order valence-corrected chi connectivity index (χ4v) is 0.514. The van der Waals surface area contributed by atoms with Gasteiger partial charge in [0, 0.05) is 12.5 Å². The van der Waals surface area contributed by atoms with E-state index in [-0.39, 0.29) is 0 Å². The van der Waals surface area contributed by atoms with Gasteiger partial charge in [0.15, 0.2) is 0 Å². The lowest BCUT2D eigenvalue weighted by Crippen LogP contribution is -2.02. The highest BCUT2D eigenvalue weighted by Crippen LogP contribution is 1.92. The van der Waals surface area contributed by atoms with E-state index in [1.807, 2.05) is 6.07 Å². The summed E-state index contributed by atoms with van der Waals surface area (Å²) in [4.78, 5) is 0. The van der Waals surface area contributed by atoms with Gasteiger partial charge in [0.2, 0.25) is 0 Å². The van der Waals surface area contributed by atoms with Gasteiger partial charge in [0.1, 0.15) is 6.26 Å². The molecule has 0 atom stereocenters. The molecule has 0 fully saturated rings. The average Bonchev–Trinajstić information content (AvgIpc) is 2.19. The molecule has 1 aromatic heterocycles. The van der Waals surface area contributed by atoms with Crippen molar-refractivity contribution in [2.75, 3.05) is 6.54 Å². The molecule has 0 bridgehead atoms. The molecule has 0 aromatic carbocycles. The zero-order valence-corrected chi connectivity index (χ0v) is 4.50. The second-order valence-corrected chi connectivity index (χ2v) is 1.53. The second-order valence-electron chi connectivity index (χ2n) is 1.53. The zero-order chi connectivity index (χ0) is 5.82. The van der Waals surface area contributed by atoms with Crippen molar-refractivity contribution in [3.63, 3.8) is 0 Å². The highest BCUT2D eigenvalue weighted by atomic mass is 16.5. The van der Waals surface area contributed by atoms with E-state index >= 15 is 0 Å². The SMILES string of the molecule is NCCc1ccon1. The van der Waals surface area contributed by atoms with Gasteiger partial charge in [-0.3, -0.25) is 0 Å². The number of nitrogens with zero attached hydrogens (tertiary/aromatic N) is 1. The molecule has 0 saturated carbocycles. The molecule has 3 nitrogen and oxygen atoms in total. The van der Waals surface area contributed by atoms with E-state index < -0.39 is 0 Å². The first-order valence-electron chi connectivity index (χ1n) is 2.53. The van der Waals surface area contributed by atoms with Crippen molar-refractivity contribution in [2.24, 2.45) is 5.73 Å². The first kappa shape index (κ1) is 5.31. The maximum atomic E-state index is 5.24. The molecule has 8 heavy (non-hydrogen) atoms. The molecule has 3 heteroatoms. The predicted octanol–water partition coefficient (Wildman–Crippen LogP) is 0.176. The largest absolute Gasteiger partial charge is 0.365 e. The Bertz CT molecular complexity index is 136. The van der Waals surface area contributed by atoms with E-state index in [0.717, 1.165) is 12.1 Å². The highest BCUT2D eigenvalue weighted by Gasteiger charge is 1.90. The molecule has 1 heterocycles. The van der Waals surface area contributed by atoms with Gasteiger partial charge in [-0.05, 0) is 6.54 Å². The quantitative estimate of drug-likeness (QED) is 0.593. The van der Waals surface area contributed by atoms with Gasteiger partial charge in [0.25, 0.3) is 0 Å². The van der Waals surface area contributed by atoms with Crippen molar-refractivity contribution in [3.8, 4) is 0 Å². The van der Waals surface area contributed by atoms with Gasteiger partial charge in [-0.25, -0.2) is 0 Å². The molecule has 0 saturated heterocycles. The van der Waals surface area contributed by atoms with Crippen LogP contribution in [0.15, 0.2) is 16.9 Å². The standard InChI is InChI=1S/C5H8N2O/c6-3-1-5-2-4-8-7-5/h2,4H,1,3,6H2. The molecular weight excluding hydrogens is 104 g/mol. The third-order valence-electron chi connectivity index (χ3n) is 0.892. The Hall–Kier alpha value is -0.830. The first-order chi connectivity index (χ1) is 3.93. The van der Waals surface area contributed by atoms with Crippen molar-refractivity contribution < 1.29 is 4.52 Å². The minimum absolute atomic E-state index is 0.631. The highest BCUT2D eigenvalue weighted by molar-refractivity contribution is 4.94. The molecule has 44 valence electrons. The fraction of sp³-hybridized carbons (Fsp3) is 0.400. The van der Waals surface area contributed by atoms with Crippen LogP contribution >= 0.6 is 0 Å². The summed E-state index contributed by atoms with van der Waals surface area (Å²) in [6, 6.07) is 1.81. The van der Waals surface area contributed by atoms with E-state index in [2.05, 4.69) is 9.68 Å². The van der Waals surface area contributed by atoms with Crippen molar-refractivity contribution >= 4 is 0 Å². The number of aromatic nitrogens is 1. The molecule has 2 N–H and O–H groups in total. The van der Waals surface area contributed by atoms with Crippen LogP contribution in [0.5, 0.6) is 0 Å². The number of hydrogen-bond acceptors (Lipinski definition) is 3. The molecule has 0 aliphatic carbocycles. The summed E-state index contributed by atoms with van der Waals surface area (Å²) >= 11 is 0. The van der Waals surface area contributed by atoms with E-state index in [4.69, 9.17) is 5.73 Å². The maximum absolute atomic E-state index is 5.24. The van der Waals surface area contributed by atoms with Crippen LogP contribution in [0.2, 0.25) is 0 Å². The lowest BCUT2D eigenvalue weighted by Gasteiger charge is -1.83. The van der Waals surface area contributed by atoms with Crippen LogP contribution < -0.4 is 5.73 Å². The average molecular weight is 112 g/mol. The van der Waals surface area contributed by atoms with Gasteiger partial charge in [-0.15, -0.1) is 0 Å². The van der Waals surface area contributed by atoms with Crippen LogP contribution in [0.3, 0.4) is 0 Å². The molecule has 0 aliphatic rings. The smallest absolute Gasteiger partial charge is 0.124 e. The topological polar surface area (TPSA) is 52.0 Å². The molecule has 0 aliphatic heterocycles. The predicted molar refractivity (Wildman–Crippen MR) is 29.3 cm³/mol. The van der Waals surface area contributed by atoms with Crippen molar-refractivity contribution in [3.05, 3.63) is 18.0 Å². The third-order valence-corrected chi connectivity index (χ3v) is 0.892. The Balaban J connectivity index is 2.50. The third kappa shape index (κ3) is 1.07. The van der Waals surface area contributed by atoms with E-state index in [1.54, 1.807) is 6.26 Å². The summed E-state index contributed by atoms with van der Waals surface area (Å²) in [5, 5.41) is 3.65. The lowest BCUT2D eigenvalue weighted by atomic mass is 10.3. The molecule has 0 radical (unpaired) electrons. The minimum atomic E-state index is 0.631. The molecule has 0 spiro atoms. The number of nitrogens with two attached hydrogens (primary N) is 1. The minimum Gasteiger partial charge on any atom is -0.365 e. The Labute approximate surface area is 47.5 Å². The van der Waals surface area contributed by atoms with E-state index in [1.165, 1.54) is 0 Å². The second kappa shape index (κ2) is 2.47. The van der Waals surface area contributed by atoms with Crippen molar-refractivity contribution in [1.29, 1.82) is 0 Å². The normalized spacial score (nSPS) is 9.62. The van der Waals surface area contributed by atoms with E-state index in [9.17, 15) is 0 Å². The van der Waals surface area contributed by atoms with Crippen molar-refractivity contribution in [1.82, 2.24) is 5.16 Å². The van der Waals surface area contributed by atoms with Gasteiger partial charge in [-0.2, -0.15) is 0 Å². The van der Waals surface area contributed by atoms with Crippen LogP contribution in [-0.4, -0.2) is 11.7 Å². The Kier molecular flexibility index (Phi) is 1.64. The maximum Gasteiger partial charge on any atom is 0.124 e. The molecule has 0 unspecified atom stereocenters. The summed E-state index contributed by atoms with van der Waals surface area (Å²) in [5.41, 5.74) is 6.16. The van der Waals surface area contributed by atoms with Gasteiger partial charge in [-0.1, -0.05) is 5.16 Å². The molecule has 1 rings (SSSR count). The summed E-state index contributed by atoms with van der Waals surface area (Å²) in [6.45, 7) is 0.631. The van der Waals surface area contributed by atoms with Crippen LogP contribution in [-0.2, 0) is 6.42 Å². The van der Waals surface area contributed by atoms with Gasteiger partial charge in [0.05, 0.1) is 5.69 Å². The fourth-order valence-electron chi connectivity index (χ4n) is 0.514. The summed E-state index contributed by atoms with van der Waals surface area (Å²) in [6.07, 6.45) is 2.35. The van der Waals surface area contributed by atoms with Crippen LogP contribution in [0.25, 0.3) is 0 Å². The van der Waals surface area contributed by atoms with Crippen LogP contribution in [0.4, 0.5) is 0 Å². The Morgan fingerprint density at radius 2 is 2.62 bits per heavy atom. The van der Waals surface area contributed by atoms with E-state index in [0.29, 0.717) is 6.54 Å². The summed E-state index contributed by atoms with van der Waals surface area (Å²) < 4.78 is 4.56. The van der Waals surface area contributed by atoms with Crippen molar-refractivity contribution in [2.45, 2.75) is 6.42 Å². The van der Waals surface area contributed by atoms with Gasteiger partial charge < -0.3 is 10.3 Å². The van der Waals surface area contributed by atoms with Crippen LogP contribution in [0, 0.1) is 0 Å². The first-order valence-corrected chi connectivity index (χ1v) is 2.53. The Morgan fingerprint density at radius 1 is 1.75 bits per heavy atom. The lowest BCUT2D eigenvalue weighted by molar-refractivity contribution is 0.412. The molecule has 1 aromatic rings. The zero-order valence-electron chi connectivity index (χ0n) is 4.50. The summed E-state index contributed by atoms with van der Waals surface area (Å²) in [7, 11) is 0. The number of hydrogen-bond donors (Lipinski definition) is 1. The van der Waals surface area contributed by atoms with Crippen LogP contribution in [0.1, 0.15) is 5.69 Å². The number of rotatable bonds is 2. The molecular formula is C5H8N2O. The van der Waals surface area contributed by atoms with Gasteiger partial charge >= 0.3 is 0 Å². The molecule has 0 amide bonds. The Morgan fingerprint density at radius 3 is 3.12 bits per heavy atom. The summed E-state index contributed by atoms with van der Waals surface area (Å²) in [5.74, 6) is 0. The monoisotopic (exact) mass is 112 g/mol.